The molecule has 1 aromatic rings. The highest BCUT2D eigenvalue weighted by Gasteiger charge is 2.20. The fraction of sp³-hybridized carbons (Fsp3) is 0.333. The summed E-state index contributed by atoms with van der Waals surface area (Å²) in [5.41, 5.74) is 1.08. The third-order valence-electron chi connectivity index (χ3n) is 2.43. The summed E-state index contributed by atoms with van der Waals surface area (Å²) in [5.74, 6) is -0.614. The van der Waals surface area contributed by atoms with E-state index in [1.807, 2.05) is 24.3 Å². The van der Waals surface area contributed by atoms with Gasteiger partial charge in [-0.2, -0.15) is 0 Å². The predicted molar refractivity (Wildman–Crippen MR) is 64.6 cm³/mol. The Morgan fingerprint density at radius 3 is 3.12 bits per heavy atom. The van der Waals surface area contributed by atoms with Gasteiger partial charge in [-0.25, -0.2) is 4.99 Å². The number of carboxylic acids is 1. The average Bonchev–Trinajstić information content (AvgIpc) is 2.64. The number of halogens is 1. The Morgan fingerprint density at radius 1 is 1.59 bits per heavy atom. The summed E-state index contributed by atoms with van der Waals surface area (Å²) in [4.78, 5) is 14.7. The number of carboxylic acid groups (broad SMARTS) is 1. The monoisotopic (exact) mass is 253 g/mol. The van der Waals surface area contributed by atoms with Crippen LogP contribution in [0.3, 0.4) is 0 Å². The Labute approximate surface area is 104 Å². The molecule has 0 fully saturated rings. The lowest BCUT2D eigenvalue weighted by atomic mass is 10.1. The van der Waals surface area contributed by atoms with Crippen LogP contribution in [0.15, 0.2) is 29.3 Å². The second-order valence-corrected chi connectivity index (χ2v) is 4.33. The Morgan fingerprint density at radius 2 is 2.41 bits per heavy atom. The van der Waals surface area contributed by atoms with E-state index in [2.05, 4.69) is 4.99 Å². The molecule has 0 spiro atoms. The summed E-state index contributed by atoms with van der Waals surface area (Å²) in [6.07, 6.45) is 0.565. The molecule has 0 aliphatic carbocycles. The molecule has 0 aromatic heterocycles. The molecule has 0 radical (unpaired) electrons. The molecule has 0 saturated heterocycles. The molecular weight excluding hydrogens is 242 g/mol. The van der Waals surface area contributed by atoms with E-state index in [9.17, 15) is 4.79 Å². The van der Waals surface area contributed by atoms with Crippen LogP contribution in [0, 0.1) is 0 Å². The van der Waals surface area contributed by atoms with Crippen LogP contribution < -0.4 is 0 Å². The number of ether oxygens (including phenoxy) is 1. The van der Waals surface area contributed by atoms with Gasteiger partial charge in [0.2, 0.25) is 0 Å². The standard InChI is InChI=1S/C12H12ClNO3/c13-9-3-1-2-8(4-9)5-10-7-17-11(14-10)6-12(15)16/h1-4,10H,5-7H2,(H,15,16). The van der Waals surface area contributed by atoms with Crippen molar-refractivity contribution in [3.63, 3.8) is 0 Å². The second-order valence-electron chi connectivity index (χ2n) is 3.89. The number of aliphatic imine (C=N–C) groups is 1. The van der Waals surface area contributed by atoms with Crippen LogP contribution in [0.1, 0.15) is 12.0 Å². The Balaban J connectivity index is 1.97. The normalized spacial score (nSPS) is 18.6. The lowest BCUT2D eigenvalue weighted by molar-refractivity contribution is -0.135. The first-order valence-corrected chi connectivity index (χ1v) is 5.67. The molecular formula is C12H12ClNO3. The highest BCUT2D eigenvalue weighted by atomic mass is 35.5. The number of hydrogen-bond acceptors (Lipinski definition) is 3. The second kappa shape index (κ2) is 5.19. The van der Waals surface area contributed by atoms with Crippen molar-refractivity contribution >= 4 is 23.5 Å². The van der Waals surface area contributed by atoms with E-state index < -0.39 is 5.97 Å². The molecule has 0 saturated carbocycles. The van der Waals surface area contributed by atoms with Crippen LogP contribution in [0.25, 0.3) is 0 Å². The van der Waals surface area contributed by atoms with Crippen LogP contribution in [0.2, 0.25) is 5.02 Å². The predicted octanol–water partition coefficient (Wildman–Crippen LogP) is 2.15. The molecule has 0 amide bonds. The Kier molecular flexibility index (Phi) is 3.64. The first kappa shape index (κ1) is 11.9. The van der Waals surface area contributed by atoms with Crippen molar-refractivity contribution in [1.82, 2.24) is 0 Å². The zero-order valence-corrected chi connectivity index (χ0v) is 9.85. The number of hydrogen-bond donors (Lipinski definition) is 1. The molecule has 4 nitrogen and oxygen atoms in total. The number of nitrogens with zero attached hydrogens (tertiary/aromatic N) is 1. The van der Waals surface area contributed by atoms with E-state index in [-0.39, 0.29) is 12.5 Å². The van der Waals surface area contributed by atoms with Gasteiger partial charge >= 0.3 is 5.97 Å². The molecule has 1 unspecified atom stereocenters. The number of carbonyl (C=O) groups is 1. The van der Waals surface area contributed by atoms with Gasteiger partial charge in [0.05, 0.1) is 6.04 Å². The van der Waals surface area contributed by atoms with Crippen molar-refractivity contribution in [2.24, 2.45) is 4.99 Å². The van der Waals surface area contributed by atoms with Crippen molar-refractivity contribution in [2.75, 3.05) is 6.61 Å². The van der Waals surface area contributed by atoms with E-state index in [0.29, 0.717) is 23.9 Å². The molecule has 17 heavy (non-hydrogen) atoms. The van der Waals surface area contributed by atoms with E-state index in [1.54, 1.807) is 0 Å². The van der Waals surface area contributed by atoms with Crippen molar-refractivity contribution in [1.29, 1.82) is 0 Å². The summed E-state index contributed by atoms with van der Waals surface area (Å²) < 4.78 is 5.22. The summed E-state index contributed by atoms with van der Waals surface area (Å²) in [5, 5.41) is 9.30. The van der Waals surface area contributed by atoms with Gasteiger partial charge in [0, 0.05) is 5.02 Å². The van der Waals surface area contributed by atoms with Crippen molar-refractivity contribution in [3.8, 4) is 0 Å². The summed E-state index contributed by atoms with van der Waals surface area (Å²) >= 11 is 5.88. The molecule has 1 aliphatic rings. The van der Waals surface area contributed by atoms with E-state index >= 15 is 0 Å². The van der Waals surface area contributed by atoms with Gasteiger partial charge in [0.1, 0.15) is 13.0 Å². The van der Waals surface area contributed by atoms with E-state index in [0.717, 1.165) is 5.56 Å². The third kappa shape index (κ3) is 3.46. The van der Waals surface area contributed by atoms with Gasteiger partial charge in [-0.3, -0.25) is 4.79 Å². The minimum atomic E-state index is -0.924. The maximum absolute atomic E-state index is 10.5. The topological polar surface area (TPSA) is 58.9 Å². The maximum Gasteiger partial charge on any atom is 0.312 e. The SMILES string of the molecule is O=C(O)CC1=NC(Cc2cccc(Cl)c2)CO1. The molecule has 2 rings (SSSR count). The maximum atomic E-state index is 10.5. The molecule has 90 valence electrons. The molecule has 0 bridgehead atoms. The highest BCUT2D eigenvalue weighted by Crippen LogP contribution is 2.16. The number of benzene rings is 1. The van der Waals surface area contributed by atoms with Crippen molar-refractivity contribution in [3.05, 3.63) is 34.9 Å². The van der Waals surface area contributed by atoms with Gasteiger partial charge in [-0.1, -0.05) is 23.7 Å². The van der Waals surface area contributed by atoms with Gasteiger partial charge < -0.3 is 9.84 Å². The average molecular weight is 254 g/mol. The first-order valence-electron chi connectivity index (χ1n) is 5.29. The van der Waals surface area contributed by atoms with Crippen LogP contribution in [0.5, 0.6) is 0 Å². The van der Waals surface area contributed by atoms with Crippen LogP contribution in [-0.2, 0) is 16.0 Å². The molecule has 1 N–H and O–H groups in total. The van der Waals surface area contributed by atoms with Crippen molar-refractivity contribution in [2.45, 2.75) is 18.9 Å². The fourth-order valence-corrected chi connectivity index (χ4v) is 1.95. The minimum Gasteiger partial charge on any atom is -0.481 e. The lowest BCUT2D eigenvalue weighted by Gasteiger charge is -2.05. The van der Waals surface area contributed by atoms with Gasteiger partial charge in [-0.15, -0.1) is 0 Å². The summed E-state index contributed by atoms with van der Waals surface area (Å²) in [6.45, 7) is 0.440. The van der Waals surface area contributed by atoms with Gasteiger partial charge in [0.25, 0.3) is 0 Å². The fourth-order valence-electron chi connectivity index (χ4n) is 1.74. The minimum absolute atomic E-state index is 0.0113. The Hall–Kier alpha value is -1.55. The summed E-state index contributed by atoms with van der Waals surface area (Å²) in [7, 11) is 0. The van der Waals surface area contributed by atoms with Gasteiger partial charge in [-0.05, 0) is 24.1 Å². The molecule has 1 heterocycles. The lowest BCUT2D eigenvalue weighted by Crippen LogP contribution is -2.10. The smallest absolute Gasteiger partial charge is 0.312 e. The highest BCUT2D eigenvalue weighted by molar-refractivity contribution is 6.30. The molecule has 1 aliphatic heterocycles. The zero-order valence-electron chi connectivity index (χ0n) is 9.10. The first-order chi connectivity index (χ1) is 8.13. The molecule has 5 heteroatoms. The zero-order chi connectivity index (χ0) is 12.3. The number of aliphatic carboxylic acids is 1. The van der Waals surface area contributed by atoms with E-state index in [1.165, 1.54) is 0 Å². The van der Waals surface area contributed by atoms with Crippen LogP contribution in [-0.4, -0.2) is 29.6 Å². The third-order valence-corrected chi connectivity index (χ3v) is 2.67. The van der Waals surface area contributed by atoms with Gasteiger partial charge in [0.15, 0.2) is 5.90 Å². The van der Waals surface area contributed by atoms with Crippen molar-refractivity contribution < 1.29 is 14.6 Å². The quantitative estimate of drug-likeness (QED) is 0.895. The molecule has 1 atom stereocenters. The molecule has 1 aromatic carbocycles. The summed E-state index contributed by atoms with van der Waals surface area (Å²) in [6, 6.07) is 7.54. The van der Waals surface area contributed by atoms with Crippen LogP contribution in [0.4, 0.5) is 0 Å². The van der Waals surface area contributed by atoms with E-state index in [4.69, 9.17) is 21.4 Å². The largest absolute Gasteiger partial charge is 0.481 e. The number of rotatable bonds is 4. The van der Waals surface area contributed by atoms with Crippen LogP contribution >= 0.6 is 11.6 Å². The Bertz CT molecular complexity index is 459.